The molecule has 3 aliphatic rings. The van der Waals surface area contributed by atoms with Crippen molar-refractivity contribution in [3.8, 4) is 0 Å². The molecule has 0 saturated carbocycles. The first-order valence-corrected chi connectivity index (χ1v) is 13.4. The number of rotatable bonds is 6. The highest BCUT2D eigenvalue weighted by molar-refractivity contribution is 7.80. The van der Waals surface area contributed by atoms with E-state index in [0.29, 0.717) is 44.0 Å². The van der Waals surface area contributed by atoms with Gasteiger partial charge in [-0.3, -0.25) is 0 Å². The first kappa shape index (κ1) is 25.1. The van der Waals surface area contributed by atoms with E-state index in [1.165, 1.54) is 31.4 Å². The molecular formula is C26H35FN6O2S. The summed E-state index contributed by atoms with van der Waals surface area (Å²) >= 11 is 5.68. The van der Waals surface area contributed by atoms with Crippen LogP contribution in [0.15, 0.2) is 30.3 Å². The van der Waals surface area contributed by atoms with Gasteiger partial charge in [0.1, 0.15) is 17.5 Å². The summed E-state index contributed by atoms with van der Waals surface area (Å²) in [4.78, 5) is 14.2. The molecule has 1 aromatic heterocycles. The smallest absolute Gasteiger partial charge is 0.232 e. The lowest BCUT2D eigenvalue weighted by molar-refractivity contribution is 0.0515. The second-order valence-corrected chi connectivity index (χ2v) is 10.2. The summed E-state index contributed by atoms with van der Waals surface area (Å²) in [5.74, 6) is 2.10. The fourth-order valence-electron chi connectivity index (χ4n) is 5.25. The van der Waals surface area contributed by atoms with Gasteiger partial charge < -0.3 is 29.9 Å². The zero-order chi connectivity index (χ0) is 24.8. The van der Waals surface area contributed by atoms with E-state index in [1.807, 2.05) is 12.1 Å². The summed E-state index contributed by atoms with van der Waals surface area (Å²) in [6, 6.07) is 8.88. The van der Waals surface area contributed by atoms with Crippen molar-refractivity contribution in [2.75, 3.05) is 74.3 Å². The molecule has 8 nitrogen and oxygen atoms in total. The lowest BCUT2D eigenvalue weighted by atomic mass is 9.74. The summed E-state index contributed by atoms with van der Waals surface area (Å²) in [5, 5.41) is 7.12. The lowest BCUT2D eigenvalue weighted by Crippen LogP contribution is -2.45. The Morgan fingerprint density at radius 2 is 1.50 bits per heavy atom. The van der Waals surface area contributed by atoms with E-state index in [-0.39, 0.29) is 11.2 Å². The van der Waals surface area contributed by atoms with Gasteiger partial charge in [-0.1, -0.05) is 12.1 Å². The quantitative estimate of drug-likeness (QED) is 0.564. The number of nitrogens with zero attached hydrogens (tertiary/aromatic N) is 4. The van der Waals surface area contributed by atoms with Gasteiger partial charge in [-0.05, 0) is 62.0 Å². The van der Waals surface area contributed by atoms with Gasteiger partial charge in [-0.2, -0.15) is 9.97 Å². The Labute approximate surface area is 217 Å². The van der Waals surface area contributed by atoms with Gasteiger partial charge in [0, 0.05) is 57.4 Å². The second kappa shape index (κ2) is 11.7. The van der Waals surface area contributed by atoms with Crippen LogP contribution >= 0.6 is 12.2 Å². The SMILES string of the molecule is Fc1ccc(C2(CNC(=S)Nc3nc(N4CCCCC4)cc(N4CCOCC4)n3)CCOCC2)cc1. The maximum atomic E-state index is 13.6. The van der Waals surface area contributed by atoms with Crippen molar-refractivity contribution in [1.29, 1.82) is 0 Å². The molecule has 3 saturated heterocycles. The van der Waals surface area contributed by atoms with Crippen molar-refractivity contribution in [3.05, 3.63) is 41.7 Å². The van der Waals surface area contributed by atoms with Gasteiger partial charge in [-0.25, -0.2) is 4.39 Å². The molecule has 194 valence electrons. The maximum Gasteiger partial charge on any atom is 0.232 e. The number of halogens is 1. The summed E-state index contributed by atoms with van der Waals surface area (Å²) in [7, 11) is 0. The zero-order valence-corrected chi connectivity index (χ0v) is 21.5. The standard InChI is InChI=1S/C26H35FN6O2S/c27-21-6-4-20(5-7-21)26(8-14-34-15-9-26)19-28-25(36)31-24-29-22(32-10-2-1-3-11-32)18-23(30-24)33-12-16-35-17-13-33/h4-7,18H,1-3,8-17,19H2,(H2,28,29,30,31,36). The minimum absolute atomic E-state index is 0.173. The Hall–Kier alpha value is -2.56. The topological polar surface area (TPSA) is 74.8 Å². The van der Waals surface area contributed by atoms with Crippen molar-refractivity contribution < 1.29 is 13.9 Å². The van der Waals surface area contributed by atoms with E-state index in [2.05, 4.69) is 26.5 Å². The molecule has 0 unspecified atom stereocenters. The maximum absolute atomic E-state index is 13.6. The number of hydrogen-bond donors (Lipinski definition) is 2. The number of benzene rings is 1. The predicted molar refractivity (Wildman–Crippen MR) is 143 cm³/mol. The number of thiocarbonyl (C=S) groups is 1. The molecule has 2 N–H and O–H groups in total. The summed E-state index contributed by atoms with van der Waals surface area (Å²) < 4.78 is 24.7. The highest BCUT2D eigenvalue weighted by Gasteiger charge is 2.34. The van der Waals surface area contributed by atoms with Gasteiger partial charge in [0.2, 0.25) is 5.95 Å². The van der Waals surface area contributed by atoms with Gasteiger partial charge >= 0.3 is 0 Å². The molecule has 0 spiro atoms. The highest BCUT2D eigenvalue weighted by Crippen LogP contribution is 2.34. The van der Waals surface area contributed by atoms with E-state index < -0.39 is 0 Å². The summed E-state index contributed by atoms with van der Waals surface area (Å²) in [6.45, 7) is 6.97. The van der Waals surface area contributed by atoms with Crippen molar-refractivity contribution in [3.63, 3.8) is 0 Å². The number of ether oxygens (including phenoxy) is 2. The average Bonchev–Trinajstić information content (AvgIpc) is 2.93. The van der Waals surface area contributed by atoms with Crippen LogP contribution in [-0.2, 0) is 14.9 Å². The molecule has 2 aromatic rings. The first-order valence-electron chi connectivity index (χ1n) is 13.0. The fourth-order valence-corrected chi connectivity index (χ4v) is 5.41. The van der Waals surface area contributed by atoms with Crippen molar-refractivity contribution in [2.24, 2.45) is 0 Å². The number of aromatic nitrogens is 2. The van der Waals surface area contributed by atoms with Gasteiger partial charge in [-0.15, -0.1) is 0 Å². The molecule has 0 amide bonds. The first-order chi connectivity index (χ1) is 17.6. The Morgan fingerprint density at radius 3 is 2.17 bits per heavy atom. The second-order valence-electron chi connectivity index (χ2n) is 9.76. The van der Waals surface area contributed by atoms with Crippen LogP contribution in [0, 0.1) is 5.82 Å². The molecule has 10 heteroatoms. The van der Waals surface area contributed by atoms with Crippen LogP contribution in [0.4, 0.5) is 22.0 Å². The van der Waals surface area contributed by atoms with Crippen molar-refractivity contribution >= 4 is 34.9 Å². The third kappa shape index (κ3) is 6.04. The molecule has 0 aliphatic carbocycles. The molecule has 3 fully saturated rings. The van der Waals surface area contributed by atoms with Crippen LogP contribution in [-0.4, -0.2) is 74.2 Å². The average molecular weight is 515 g/mol. The lowest BCUT2D eigenvalue weighted by Gasteiger charge is -2.38. The van der Waals surface area contributed by atoms with Crippen LogP contribution in [0.3, 0.4) is 0 Å². The summed E-state index contributed by atoms with van der Waals surface area (Å²) in [6.07, 6.45) is 5.30. The monoisotopic (exact) mass is 514 g/mol. The van der Waals surface area contributed by atoms with Gasteiger partial charge in [0.15, 0.2) is 5.11 Å². The predicted octanol–water partition coefficient (Wildman–Crippen LogP) is 3.48. The largest absolute Gasteiger partial charge is 0.381 e. The van der Waals surface area contributed by atoms with E-state index in [9.17, 15) is 4.39 Å². The number of hydrogen-bond acceptors (Lipinski definition) is 7. The van der Waals surface area contributed by atoms with Crippen LogP contribution in [0.25, 0.3) is 0 Å². The molecule has 5 rings (SSSR count). The normalized spacial score (nSPS) is 20.1. The van der Waals surface area contributed by atoms with E-state index in [1.54, 1.807) is 0 Å². The van der Waals surface area contributed by atoms with Crippen LogP contribution < -0.4 is 20.4 Å². The molecule has 1 aromatic carbocycles. The minimum Gasteiger partial charge on any atom is -0.381 e. The van der Waals surface area contributed by atoms with Crippen LogP contribution in [0.1, 0.15) is 37.7 Å². The summed E-state index contributed by atoms with van der Waals surface area (Å²) in [5.41, 5.74) is 0.924. The van der Waals surface area contributed by atoms with Crippen molar-refractivity contribution in [1.82, 2.24) is 15.3 Å². The number of nitrogens with one attached hydrogen (secondary N) is 2. The Balaban J connectivity index is 1.31. The zero-order valence-electron chi connectivity index (χ0n) is 20.7. The highest BCUT2D eigenvalue weighted by atomic mass is 32.1. The Bertz CT molecular complexity index is 985. The molecule has 0 atom stereocenters. The molecule has 0 bridgehead atoms. The molecule has 0 radical (unpaired) electrons. The van der Waals surface area contributed by atoms with Crippen LogP contribution in [0.2, 0.25) is 0 Å². The van der Waals surface area contributed by atoms with E-state index in [0.717, 1.165) is 56.2 Å². The minimum atomic E-state index is -0.229. The number of piperidine rings is 1. The molecule has 4 heterocycles. The van der Waals surface area contributed by atoms with Gasteiger partial charge in [0.05, 0.1) is 13.2 Å². The molecule has 36 heavy (non-hydrogen) atoms. The Morgan fingerprint density at radius 1 is 0.889 bits per heavy atom. The fraction of sp³-hybridized carbons (Fsp3) is 0.577. The van der Waals surface area contributed by atoms with Crippen molar-refractivity contribution in [2.45, 2.75) is 37.5 Å². The molecule has 3 aliphatic heterocycles. The molecular weight excluding hydrogens is 479 g/mol. The number of anilines is 3. The third-order valence-electron chi connectivity index (χ3n) is 7.43. The Kier molecular flexibility index (Phi) is 8.13. The third-order valence-corrected chi connectivity index (χ3v) is 7.68. The van der Waals surface area contributed by atoms with Gasteiger partial charge in [0.25, 0.3) is 0 Å². The van der Waals surface area contributed by atoms with E-state index in [4.69, 9.17) is 31.7 Å². The number of morpholine rings is 1. The van der Waals surface area contributed by atoms with E-state index >= 15 is 0 Å². The van der Waals surface area contributed by atoms with Crippen LogP contribution in [0.5, 0.6) is 0 Å².